The highest BCUT2D eigenvalue weighted by Crippen LogP contribution is 2.51. The summed E-state index contributed by atoms with van der Waals surface area (Å²) in [5.41, 5.74) is 1.58. The first kappa shape index (κ1) is 36.6. The van der Waals surface area contributed by atoms with Crippen LogP contribution in [0.15, 0.2) is 59.0 Å². The number of likely N-dealkylation sites (tertiary alicyclic amines) is 1. The van der Waals surface area contributed by atoms with Crippen molar-refractivity contribution in [2.45, 2.75) is 71.0 Å². The molecule has 1 saturated heterocycles. The van der Waals surface area contributed by atoms with Gasteiger partial charge in [0.15, 0.2) is 0 Å². The van der Waals surface area contributed by atoms with Gasteiger partial charge in [-0.15, -0.1) is 5.10 Å². The first-order valence-electron chi connectivity index (χ1n) is 15.8. The molecule has 0 bridgehead atoms. The van der Waals surface area contributed by atoms with Crippen LogP contribution >= 0.6 is 11.8 Å². The quantitative estimate of drug-likeness (QED) is 0.0824. The van der Waals surface area contributed by atoms with Gasteiger partial charge in [0.2, 0.25) is 11.7 Å². The van der Waals surface area contributed by atoms with E-state index in [1.54, 1.807) is 27.7 Å². The smallest absolute Gasteiger partial charge is 0.411 e. The summed E-state index contributed by atoms with van der Waals surface area (Å²) in [4.78, 5) is 38.1. The average molecular weight is 681 g/mol. The van der Waals surface area contributed by atoms with Crippen molar-refractivity contribution in [1.82, 2.24) is 24.6 Å². The molecule has 258 valence electrons. The largest absolute Gasteiger partial charge is 0.490 e. The Hall–Kier alpha value is -4.23. The van der Waals surface area contributed by atoms with Crippen LogP contribution in [-0.4, -0.2) is 87.2 Å². The number of nitrogens with zero attached hydrogens (tertiary/aromatic N) is 6. The molecule has 0 saturated carbocycles. The van der Waals surface area contributed by atoms with E-state index in [2.05, 4.69) is 30.9 Å². The Balaban J connectivity index is 1.88. The number of amides is 2. The molecule has 0 aliphatic carbocycles. The lowest BCUT2D eigenvalue weighted by atomic mass is 10.0. The molecule has 1 fully saturated rings. The standard InChI is InChI=1S/C35H45FN6O5S/c1-10-12-24-15-16-41(33(44)47-34(4,5)6)35(24,7)48-23(3)30(26-14-13-25(36)21-27(26)46-20-19-45-9)31(37-8)32-38-28-22-40(29(43)11-2)17-18-42(28)39-32/h11-14,21H,2-3,8,10,15-20,22H2,1,4-7,9H3/b24-12-,31-30+. The van der Waals surface area contributed by atoms with Gasteiger partial charge in [-0.05, 0) is 71.0 Å². The molecule has 2 amide bonds. The number of fused-ring (bicyclic) bond motifs is 1. The molecule has 0 radical (unpaired) electrons. The third-order valence-electron chi connectivity index (χ3n) is 7.89. The minimum Gasteiger partial charge on any atom is -0.490 e. The Kier molecular flexibility index (Phi) is 11.7. The van der Waals surface area contributed by atoms with Gasteiger partial charge in [-0.2, -0.15) is 0 Å². The Morgan fingerprint density at radius 3 is 2.60 bits per heavy atom. The Morgan fingerprint density at radius 2 is 1.96 bits per heavy atom. The topological polar surface area (TPSA) is 111 Å². The number of benzene rings is 1. The summed E-state index contributed by atoms with van der Waals surface area (Å²) in [5, 5.41) is 4.74. The predicted octanol–water partition coefficient (Wildman–Crippen LogP) is 6.48. The summed E-state index contributed by atoms with van der Waals surface area (Å²) in [6.07, 6.45) is 4.39. The van der Waals surface area contributed by atoms with E-state index < -0.39 is 22.4 Å². The molecule has 1 aromatic heterocycles. The maximum atomic E-state index is 14.7. The zero-order valence-electron chi connectivity index (χ0n) is 28.7. The van der Waals surface area contributed by atoms with Crippen molar-refractivity contribution in [1.29, 1.82) is 0 Å². The van der Waals surface area contributed by atoms with E-state index in [0.29, 0.717) is 47.9 Å². The van der Waals surface area contributed by atoms with E-state index in [4.69, 9.17) is 24.3 Å². The summed E-state index contributed by atoms with van der Waals surface area (Å²) in [5.74, 6) is 0.357. The highest BCUT2D eigenvalue weighted by molar-refractivity contribution is 8.05. The van der Waals surface area contributed by atoms with Crippen LogP contribution in [0.25, 0.3) is 11.3 Å². The second kappa shape index (κ2) is 15.3. The molecule has 2 aromatic rings. The second-order valence-corrected chi connectivity index (χ2v) is 13.9. The van der Waals surface area contributed by atoms with Crippen molar-refractivity contribution < 1.29 is 28.2 Å². The van der Waals surface area contributed by atoms with Gasteiger partial charge in [0.25, 0.3) is 0 Å². The van der Waals surface area contributed by atoms with Crippen molar-refractivity contribution in [3.63, 3.8) is 0 Å². The minimum absolute atomic E-state index is 0.161. The van der Waals surface area contributed by atoms with Gasteiger partial charge in [-0.25, -0.2) is 18.9 Å². The van der Waals surface area contributed by atoms with Crippen molar-refractivity contribution >= 4 is 41.7 Å². The maximum absolute atomic E-state index is 14.7. The summed E-state index contributed by atoms with van der Waals surface area (Å²) in [7, 11) is 1.55. The number of methoxy groups -OCH3 is 1. The SMILES string of the molecule is C=CC(=O)N1CCn2nc(/C(N=C)=C(/C(=C)SC3(C)/C(=C\CC)CCN3C(=O)OC(C)(C)C)c3ccc(F)cc3OCCOC)nc2C1. The van der Waals surface area contributed by atoms with E-state index >= 15 is 0 Å². The molecule has 48 heavy (non-hydrogen) atoms. The number of aliphatic imine (C=N–C) groups is 1. The lowest BCUT2D eigenvalue weighted by Crippen LogP contribution is -2.46. The number of hydrogen-bond acceptors (Lipinski definition) is 9. The molecule has 1 unspecified atom stereocenters. The normalized spacial score (nSPS) is 19.1. The van der Waals surface area contributed by atoms with Crippen LogP contribution in [0.3, 0.4) is 0 Å². The van der Waals surface area contributed by atoms with Gasteiger partial charge in [0, 0.05) is 42.3 Å². The van der Waals surface area contributed by atoms with Crippen LogP contribution in [0, 0.1) is 5.82 Å². The average Bonchev–Trinajstić information content (AvgIpc) is 3.59. The fourth-order valence-electron chi connectivity index (χ4n) is 5.66. The summed E-state index contributed by atoms with van der Waals surface area (Å²) >= 11 is 1.36. The number of halogens is 1. The molecule has 4 rings (SSSR count). The third-order valence-corrected chi connectivity index (χ3v) is 9.22. The van der Waals surface area contributed by atoms with Crippen molar-refractivity contribution in [2.75, 3.05) is 33.4 Å². The summed E-state index contributed by atoms with van der Waals surface area (Å²) < 4.78 is 33.4. The number of thioether (sulfide) groups is 1. The highest BCUT2D eigenvalue weighted by atomic mass is 32.2. The predicted molar refractivity (Wildman–Crippen MR) is 187 cm³/mol. The molecule has 2 aliphatic rings. The van der Waals surface area contributed by atoms with E-state index in [1.807, 2.05) is 34.6 Å². The van der Waals surface area contributed by atoms with Crippen molar-refractivity contribution in [3.05, 3.63) is 77.0 Å². The van der Waals surface area contributed by atoms with Gasteiger partial charge < -0.3 is 19.1 Å². The van der Waals surface area contributed by atoms with Gasteiger partial charge >= 0.3 is 6.09 Å². The van der Waals surface area contributed by atoms with E-state index in [1.165, 1.54) is 30.0 Å². The summed E-state index contributed by atoms with van der Waals surface area (Å²) in [6.45, 7) is 23.5. The van der Waals surface area contributed by atoms with Crippen LogP contribution in [0.4, 0.5) is 9.18 Å². The molecular weight excluding hydrogens is 635 g/mol. The van der Waals surface area contributed by atoms with Crippen LogP contribution in [0.5, 0.6) is 5.75 Å². The minimum atomic E-state index is -0.878. The lowest BCUT2D eigenvalue weighted by molar-refractivity contribution is -0.127. The molecule has 0 spiro atoms. The molecule has 13 heteroatoms. The summed E-state index contributed by atoms with van der Waals surface area (Å²) in [6, 6.07) is 4.21. The number of ether oxygens (including phenoxy) is 3. The fraction of sp³-hybridized carbons (Fsp3) is 0.457. The number of aromatic nitrogens is 3. The Bertz CT molecular complexity index is 1640. The van der Waals surface area contributed by atoms with Gasteiger partial charge in [0.1, 0.15) is 40.2 Å². The van der Waals surface area contributed by atoms with E-state index in [9.17, 15) is 14.0 Å². The van der Waals surface area contributed by atoms with Crippen molar-refractivity contribution in [2.24, 2.45) is 4.99 Å². The van der Waals surface area contributed by atoms with Crippen LogP contribution in [0.1, 0.15) is 64.7 Å². The third kappa shape index (κ3) is 8.07. The number of carbonyl (C=O) groups is 2. The number of allylic oxidation sites excluding steroid dienone is 2. The molecule has 0 N–H and O–H groups in total. The first-order valence-corrected chi connectivity index (χ1v) is 16.6. The van der Waals surface area contributed by atoms with Crippen LogP contribution < -0.4 is 4.74 Å². The zero-order chi connectivity index (χ0) is 35.2. The second-order valence-electron chi connectivity index (χ2n) is 12.4. The van der Waals surface area contributed by atoms with Gasteiger partial charge in [-0.3, -0.25) is 14.7 Å². The first-order chi connectivity index (χ1) is 22.8. The molecular formula is C35H45FN6O5S. The number of carbonyl (C=O) groups excluding carboxylic acids is 2. The van der Waals surface area contributed by atoms with Gasteiger partial charge in [0.05, 0.1) is 19.7 Å². The Morgan fingerprint density at radius 1 is 1.21 bits per heavy atom. The van der Waals surface area contributed by atoms with Crippen molar-refractivity contribution in [3.8, 4) is 5.75 Å². The van der Waals surface area contributed by atoms with E-state index in [0.717, 1.165) is 12.0 Å². The molecule has 1 aromatic carbocycles. The monoisotopic (exact) mass is 680 g/mol. The fourth-order valence-corrected chi connectivity index (χ4v) is 7.05. The lowest BCUT2D eigenvalue weighted by Gasteiger charge is -2.37. The van der Waals surface area contributed by atoms with Gasteiger partial charge in [-0.1, -0.05) is 37.9 Å². The number of hydrogen-bond donors (Lipinski definition) is 0. The molecule has 2 aliphatic heterocycles. The van der Waals surface area contributed by atoms with Crippen LogP contribution in [0.2, 0.25) is 0 Å². The zero-order valence-corrected chi connectivity index (χ0v) is 29.5. The van der Waals surface area contributed by atoms with Crippen LogP contribution in [-0.2, 0) is 27.4 Å². The molecule has 3 heterocycles. The Labute approximate surface area is 286 Å². The molecule has 1 atom stereocenters. The molecule has 11 nitrogen and oxygen atoms in total. The highest BCUT2D eigenvalue weighted by Gasteiger charge is 2.47. The maximum Gasteiger partial charge on any atom is 0.411 e. The number of rotatable bonds is 12. The van der Waals surface area contributed by atoms with E-state index in [-0.39, 0.29) is 42.9 Å².